The number of carbonyl (C=O) groups excluding carboxylic acids is 1. The third-order valence-electron chi connectivity index (χ3n) is 12.8. The number of H-pyrrole nitrogens is 1. The number of alkyl halides is 3. The van der Waals surface area contributed by atoms with E-state index in [9.17, 15) is 28.2 Å². The molecule has 4 unspecified atom stereocenters. The molecule has 0 spiro atoms. The van der Waals surface area contributed by atoms with Crippen molar-refractivity contribution in [1.82, 2.24) is 9.88 Å². The van der Waals surface area contributed by atoms with Crippen LogP contribution < -0.4 is 0 Å². The van der Waals surface area contributed by atoms with Crippen molar-refractivity contribution in [2.75, 3.05) is 13.1 Å². The van der Waals surface area contributed by atoms with E-state index in [-0.39, 0.29) is 28.0 Å². The third kappa shape index (κ3) is 7.09. The molecule has 9 rings (SSSR count). The summed E-state index contributed by atoms with van der Waals surface area (Å²) in [5, 5.41) is 25.3. The van der Waals surface area contributed by atoms with Crippen LogP contribution in [0.3, 0.4) is 0 Å². The van der Waals surface area contributed by atoms with E-state index in [0.717, 1.165) is 54.6 Å². The van der Waals surface area contributed by atoms with Gasteiger partial charge in [-0.15, -0.1) is 0 Å². The van der Waals surface area contributed by atoms with E-state index in [2.05, 4.69) is 48.0 Å². The van der Waals surface area contributed by atoms with Gasteiger partial charge in [0.25, 0.3) is 0 Å². The first-order valence-electron chi connectivity index (χ1n) is 19.2. The summed E-state index contributed by atoms with van der Waals surface area (Å²) >= 11 is 6.34. The van der Waals surface area contributed by atoms with Gasteiger partial charge in [-0.1, -0.05) is 60.5 Å². The number of aromatic nitrogens is 1. The lowest BCUT2D eigenvalue weighted by Crippen LogP contribution is -2.53. The number of rotatable bonds is 5. The van der Waals surface area contributed by atoms with Crippen molar-refractivity contribution < 1.29 is 32.6 Å². The van der Waals surface area contributed by atoms with Crippen LogP contribution in [0.25, 0.3) is 22.2 Å². The molecular formula is C45H46ClF3N2O4. The molecule has 1 fully saturated rings. The Morgan fingerprint density at radius 1 is 1.04 bits per heavy atom. The van der Waals surface area contributed by atoms with Crippen LogP contribution in [0.15, 0.2) is 88.9 Å². The number of allylic oxidation sites excluding steroid dienone is 2. The first-order valence-corrected chi connectivity index (χ1v) is 19.6. The van der Waals surface area contributed by atoms with E-state index >= 15 is 0 Å². The topological polar surface area (TPSA) is 89.7 Å². The van der Waals surface area contributed by atoms with Crippen LogP contribution in [0.2, 0.25) is 5.02 Å². The zero-order chi connectivity index (χ0) is 38.7. The third-order valence-corrected chi connectivity index (χ3v) is 13.1. The number of aromatic amines is 1. The van der Waals surface area contributed by atoms with Crippen LogP contribution in [-0.4, -0.2) is 50.7 Å². The maximum Gasteiger partial charge on any atom is 0.416 e. The quantitative estimate of drug-likeness (QED) is 0.122. The van der Waals surface area contributed by atoms with Gasteiger partial charge < -0.3 is 19.6 Å². The van der Waals surface area contributed by atoms with Gasteiger partial charge in [0.05, 0.1) is 22.3 Å². The minimum Gasteiger partial charge on any atom is -0.453 e. The molecule has 1 aliphatic heterocycles. The van der Waals surface area contributed by atoms with Gasteiger partial charge in [0.15, 0.2) is 5.76 Å². The predicted molar refractivity (Wildman–Crippen MR) is 208 cm³/mol. The Hall–Kier alpha value is -4.15. The van der Waals surface area contributed by atoms with E-state index in [1.165, 1.54) is 40.4 Å². The summed E-state index contributed by atoms with van der Waals surface area (Å²) in [6, 6.07) is 20.1. The Balaban J connectivity index is 1.16. The molecular weight excluding hydrogens is 725 g/mol. The largest absolute Gasteiger partial charge is 0.453 e. The number of ketones is 1. The molecule has 55 heavy (non-hydrogen) atoms. The van der Waals surface area contributed by atoms with Crippen molar-refractivity contribution in [3.05, 3.63) is 129 Å². The van der Waals surface area contributed by atoms with E-state index in [4.69, 9.17) is 16.0 Å². The van der Waals surface area contributed by atoms with Crippen LogP contribution in [0, 0.1) is 5.41 Å². The van der Waals surface area contributed by atoms with Crippen LogP contribution in [0.5, 0.6) is 0 Å². The summed E-state index contributed by atoms with van der Waals surface area (Å²) < 4.78 is 46.8. The van der Waals surface area contributed by atoms with Gasteiger partial charge in [0.2, 0.25) is 5.78 Å². The second kappa shape index (κ2) is 14.4. The van der Waals surface area contributed by atoms with Crippen molar-refractivity contribution in [1.29, 1.82) is 0 Å². The molecule has 2 aromatic heterocycles. The summed E-state index contributed by atoms with van der Waals surface area (Å²) in [6.45, 7) is 6.30. The van der Waals surface area contributed by atoms with Gasteiger partial charge in [-0.25, -0.2) is 0 Å². The highest BCUT2D eigenvalue weighted by molar-refractivity contribution is 6.33. The van der Waals surface area contributed by atoms with Gasteiger partial charge in [-0.05, 0) is 123 Å². The van der Waals surface area contributed by atoms with Crippen molar-refractivity contribution >= 4 is 28.3 Å². The maximum absolute atomic E-state index is 14.6. The van der Waals surface area contributed by atoms with Crippen molar-refractivity contribution in [2.45, 2.75) is 95.6 Å². The lowest BCUT2D eigenvalue weighted by atomic mass is 9.64. The molecule has 2 bridgehead atoms. The number of fused-ring (bicyclic) bond motifs is 11. The van der Waals surface area contributed by atoms with E-state index in [1.54, 1.807) is 0 Å². The predicted octanol–water partition coefficient (Wildman–Crippen LogP) is 10.4. The number of halogens is 4. The molecule has 0 radical (unpaired) electrons. The SMILES string of the molecule is CC1=CCCC2(C)C(CCC2(O)CN2CCc3c([nH]c4ccccc34)C2)c2ccc(cc2C(=O)c2ccc(-c3cc(C(F)(F)F)ccc3Cl)o2)CC(O)CC1. The first-order chi connectivity index (χ1) is 26.2. The number of nitrogens with one attached hydrogen (secondary N) is 1. The average molecular weight is 771 g/mol. The number of benzene rings is 3. The van der Waals surface area contributed by atoms with Crippen LogP contribution in [-0.2, 0) is 25.6 Å². The summed E-state index contributed by atoms with van der Waals surface area (Å²) in [6.07, 6.45) is 2.24. The number of hydrogen-bond acceptors (Lipinski definition) is 5. The van der Waals surface area contributed by atoms with Gasteiger partial charge in [0.1, 0.15) is 5.76 Å². The molecule has 3 N–H and O–H groups in total. The lowest BCUT2D eigenvalue weighted by Gasteiger charge is -2.46. The summed E-state index contributed by atoms with van der Waals surface area (Å²) in [7, 11) is 0. The average Bonchev–Trinajstić information content (AvgIpc) is 3.84. The second-order valence-electron chi connectivity index (χ2n) is 16.2. The molecule has 3 heterocycles. The lowest BCUT2D eigenvalue weighted by molar-refractivity contribution is -0.137. The number of aliphatic hydroxyl groups is 2. The van der Waals surface area contributed by atoms with E-state index in [0.29, 0.717) is 50.8 Å². The van der Waals surface area contributed by atoms with Gasteiger partial charge in [0, 0.05) is 52.8 Å². The fourth-order valence-corrected chi connectivity index (χ4v) is 9.79. The highest BCUT2D eigenvalue weighted by atomic mass is 35.5. The van der Waals surface area contributed by atoms with Crippen LogP contribution in [0.1, 0.15) is 102 Å². The van der Waals surface area contributed by atoms with E-state index in [1.807, 2.05) is 24.3 Å². The number of carbonyl (C=O) groups is 1. The monoisotopic (exact) mass is 770 g/mol. The standard InChI is InChI=1S/C45H46ClF3N2O4/c1-27-6-5-19-43(2)36(17-20-44(43,54)26-51-21-18-33-32-7-3-4-8-38(32)50-39(33)25-51)31-13-10-28(22-30(52)12-9-27)23-34(31)42(53)41-16-15-40(55-41)35-24-29(45(47,48)49)11-14-37(35)46/h3-4,6-8,10-11,13-16,23-24,30,36,50,52,54H,5,9,12,17-22,25-26H2,1-2H3. The number of β-amino-alcohol motifs (C(OH)–C–C–N with tert-alkyl or cyclic N) is 1. The second-order valence-corrected chi connectivity index (χ2v) is 16.6. The Labute approximate surface area is 324 Å². The van der Waals surface area contributed by atoms with Gasteiger partial charge in [-0.3, -0.25) is 9.69 Å². The van der Waals surface area contributed by atoms with Gasteiger partial charge in [-0.2, -0.15) is 13.2 Å². The fourth-order valence-electron chi connectivity index (χ4n) is 9.58. The highest BCUT2D eigenvalue weighted by Gasteiger charge is 2.57. The number of nitrogens with zero attached hydrogens (tertiary/aromatic N) is 1. The minimum absolute atomic E-state index is 0.0282. The minimum atomic E-state index is -4.58. The van der Waals surface area contributed by atoms with Crippen LogP contribution in [0.4, 0.5) is 13.2 Å². The smallest absolute Gasteiger partial charge is 0.416 e. The molecule has 0 saturated heterocycles. The summed E-state index contributed by atoms with van der Waals surface area (Å²) in [5.74, 6) is -0.576. The Bertz CT molecular complexity index is 2290. The summed E-state index contributed by atoms with van der Waals surface area (Å²) in [5.41, 5.74) is 4.35. The molecule has 4 aliphatic rings. The molecule has 1 saturated carbocycles. The fraction of sp³-hybridized carbons (Fsp3) is 0.400. The van der Waals surface area contributed by atoms with Crippen molar-refractivity contribution in [3.8, 4) is 11.3 Å². The zero-order valence-corrected chi connectivity index (χ0v) is 31.9. The Kier molecular flexibility index (Phi) is 9.89. The molecule has 288 valence electrons. The Morgan fingerprint density at radius 2 is 1.85 bits per heavy atom. The molecule has 6 nitrogen and oxygen atoms in total. The van der Waals surface area contributed by atoms with E-state index < -0.39 is 34.6 Å². The van der Waals surface area contributed by atoms with Gasteiger partial charge >= 0.3 is 6.18 Å². The first kappa shape index (κ1) is 37.8. The highest BCUT2D eigenvalue weighted by Crippen LogP contribution is 2.59. The molecule has 10 heteroatoms. The zero-order valence-electron chi connectivity index (χ0n) is 31.1. The molecule has 3 aromatic carbocycles. The maximum atomic E-state index is 14.6. The molecule has 4 atom stereocenters. The normalized spacial score (nSPS) is 25.1. The summed E-state index contributed by atoms with van der Waals surface area (Å²) in [4.78, 5) is 20.6. The number of para-hydroxylation sites is 1. The number of furan rings is 1. The van der Waals surface area contributed by atoms with Crippen LogP contribution >= 0.6 is 11.6 Å². The van der Waals surface area contributed by atoms with Crippen molar-refractivity contribution in [3.63, 3.8) is 0 Å². The number of aliphatic hydroxyl groups excluding tert-OH is 1. The molecule has 0 amide bonds. The number of hydrogen-bond donors (Lipinski definition) is 3. The molecule has 3 aliphatic carbocycles. The van der Waals surface area contributed by atoms with Crippen molar-refractivity contribution in [2.24, 2.45) is 5.41 Å². The molecule has 5 aromatic rings. The Morgan fingerprint density at radius 3 is 2.67 bits per heavy atom.